The number of amides is 2. The number of hydrogen-bond acceptors (Lipinski definition) is 3. The molecule has 2 N–H and O–H groups in total. The molecule has 0 aliphatic heterocycles. The van der Waals surface area contributed by atoms with Crippen LogP contribution in [0.2, 0.25) is 10.0 Å². The zero-order valence-electron chi connectivity index (χ0n) is 11.9. The Bertz CT molecular complexity index is 730. The van der Waals surface area contributed by atoms with Crippen molar-refractivity contribution in [1.82, 2.24) is 5.43 Å². The molecule has 0 radical (unpaired) electrons. The lowest BCUT2D eigenvalue weighted by Gasteiger charge is -2.04. The van der Waals surface area contributed by atoms with Crippen LogP contribution >= 0.6 is 23.2 Å². The predicted molar refractivity (Wildman–Crippen MR) is 91.9 cm³/mol. The third-order valence-corrected chi connectivity index (χ3v) is 3.19. The van der Waals surface area contributed by atoms with Gasteiger partial charge in [0.15, 0.2) is 0 Å². The van der Waals surface area contributed by atoms with E-state index in [0.29, 0.717) is 15.7 Å². The van der Waals surface area contributed by atoms with Gasteiger partial charge in [0.2, 0.25) is 11.8 Å². The summed E-state index contributed by atoms with van der Waals surface area (Å²) in [5.41, 5.74) is 3.59. The van der Waals surface area contributed by atoms with Crippen LogP contribution < -0.4 is 10.7 Å². The molecule has 23 heavy (non-hydrogen) atoms. The number of nitrogens with one attached hydrogen (secondary N) is 2. The third-order valence-electron chi connectivity index (χ3n) is 2.70. The van der Waals surface area contributed by atoms with Crippen LogP contribution in [0.15, 0.2) is 53.6 Å². The van der Waals surface area contributed by atoms with E-state index in [0.717, 1.165) is 5.56 Å². The number of nitrogens with zero attached hydrogens (tertiary/aromatic N) is 1. The van der Waals surface area contributed by atoms with E-state index >= 15 is 0 Å². The van der Waals surface area contributed by atoms with Crippen molar-refractivity contribution in [3.8, 4) is 0 Å². The molecule has 0 bridgehead atoms. The Morgan fingerprint density at radius 3 is 2.43 bits per heavy atom. The lowest BCUT2D eigenvalue weighted by Crippen LogP contribution is -2.24. The van der Waals surface area contributed by atoms with E-state index in [1.54, 1.807) is 48.5 Å². The maximum atomic E-state index is 11.7. The van der Waals surface area contributed by atoms with Crippen molar-refractivity contribution in [2.45, 2.75) is 6.42 Å². The number of hydrazone groups is 1. The van der Waals surface area contributed by atoms with E-state index in [1.807, 2.05) is 0 Å². The summed E-state index contributed by atoms with van der Waals surface area (Å²) in [5, 5.41) is 7.47. The number of carbonyl (C=O) groups excluding carboxylic acids is 2. The van der Waals surface area contributed by atoms with Crippen LogP contribution in [0.1, 0.15) is 12.0 Å². The first-order valence-corrected chi connectivity index (χ1v) is 7.41. The van der Waals surface area contributed by atoms with Gasteiger partial charge in [0.1, 0.15) is 6.42 Å². The van der Waals surface area contributed by atoms with Crippen LogP contribution in [0, 0.1) is 0 Å². The minimum absolute atomic E-state index is 0.343. The summed E-state index contributed by atoms with van der Waals surface area (Å²) in [6.45, 7) is 0. The van der Waals surface area contributed by atoms with Gasteiger partial charge in [-0.2, -0.15) is 5.10 Å². The van der Waals surface area contributed by atoms with E-state index in [1.165, 1.54) is 6.21 Å². The number of anilines is 1. The molecule has 118 valence electrons. The Labute approximate surface area is 143 Å². The summed E-state index contributed by atoms with van der Waals surface area (Å²) in [7, 11) is 0. The summed E-state index contributed by atoms with van der Waals surface area (Å²) in [4.78, 5) is 23.3. The first-order valence-electron chi connectivity index (χ1n) is 6.66. The monoisotopic (exact) mass is 349 g/mol. The molecule has 2 aromatic carbocycles. The molecule has 0 aliphatic rings. The minimum atomic E-state index is -0.519. The molecule has 0 unspecified atom stereocenters. The number of halogens is 2. The lowest BCUT2D eigenvalue weighted by atomic mass is 10.2. The first kappa shape index (κ1) is 17.0. The molecule has 0 aliphatic carbocycles. The van der Waals surface area contributed by atoms with Crippen LogP contribution in [-0.4, -0.2) is 18.0 Å². The Kier molecular flexibility index (Phi) is 6.14. The van der Waals surface area contributed by atoms with E-state index in [4.69, 9.17) is 23.2 Å². The molecule has 2 rings (SSSR count). The summed E-state index contributed by atoms with van der Waals surface area (Å²) in [6, 6.07) is 13.6. The van der Waals surface area contributed by atoms with Crippen molar-refractivity contribution < 1.29 is 9.59 Å². The number of rotatable bonds is 5. The highest BCUT2D eigenvalue weighted by Crippen LogP contribution is 2.14. The zero-order chi connectivity index (χ0) is 16.7. The molecule has 0 saturated heterocycles. The standard InChI is InChI=1S/C16H13Cl2N3O2/c17-12-6-4-11(5-7-12)10-19-21-16(23)9-15(22)20-14-3-1-2-13(18)8-14/h1-8,10H,9H2,(H,20,22)(H,21,23). The van der Waals surface area contributed by atoms with Gasteiger partial charge in [-0.3, -0.25) is 9.59 Å². The molecular formula is C16H13Cl2N3O2. The highest BCUT2D eigenvalue weighted by Gasteiger charge is 2.09. The SMILES string of the molecule is O=C(CC(=O)Nc1cccc(Cl)c1)NN=Cc1ccc(Cl)cc1. The Balaban J connectivity index is 1.80. The van der Waals surface area contributed by atoms with Gasteiger partial charge < -0.3 is 5.32 Å². The lowest BCUT2D eigenvalue weighted by molar-refractivity contribution is -0.126. The molecule has 0 atom stereocenters. The van der Waals surface area contributed by atoms with Crippen molar-refractivity contribution in [2.75, 3.05) is 5.32 Å². The highest BCUT2D eigenvalue weighted by molar-refractivity contribution is 6.31. The second kappa shape index (κ2) is 8.31. The highest BCUT2D eigenvalue weighted by atomic mass is 35.5. The summed E-state index contributed by atoms with van der Waals surface area (Å²) < 4.78 is 0. The van der Waals surface area contributed by atoms with Gasteiger partial charge in [0.05, 0.1) is 6.21 Å². The van der Waals surface area contributed by atoms with Crippen molar-refractivity contribution in [2.24, 2.45) is 5.10 Å². The van der Waals surface area contributed by atoms with Crippen molar-refractivity contribution in [3.05, 3.63) is 64.1 Å². The maximum absolute atomic E-state index is 11.7. The normalized spacial score (nSPS) is 10.5. The minimum Gasteiger partial charge on any atom is -0.326 e. The van der Waals surface area contributed by atoms with E-state index in [-0.39, 0.29) is 6.42 Å². The number of carbonyl (C=O) groups is 2. The fraction of sp³-hybridized carbons (Fsp3) is 0.0625. The molecule has 0 heterocycles. The summed E-state index contributed by atoms with van der Waals surface area (Å²) >= 11 is 11.6. The van der Waals surface area contributed by atoms with Crippen LogP contribution in [0.4, 0.5) is 5.69 Å². The average Bonchev–Trinajstić information content (AvgIpc) is 2.49. The van der Waals surface area contributed by atoms with E-state index in [2.05, 4.69) is 15.8 Å². The van der Waals surface area contributed by atoms with Gasteiger partial charge in [-0.05, 0) is 35.9 Å². The van der Waals surface area contributed by atoms with Gasteiger partial charge in [-0.25, -0.2) is 5.43 Å². The van der Waals surface area contributed by atoms with Crippen LogP contribution in [0.25, 0.3) is 0 Å². The maximum Gasteiger partial charge on any atom is 0.249 e. The van der Waals surface area contributed by atoms with Crippen molar-refractivity contribution in [3.63, 3.8) is 0 Å². The second-order valence-electron chi connectivity index (χ2n) is 4.58. The van der Waals surface area contributed by atoms with Crippen LogP contribution in [0.3, 0.4) is 0 Å². The second-order valence-corrected chi connectivity index (χ2v) is 5.45. The van der Waals surface area contributed by atoms with Gasteiger partial charge in [-0.1, -0.05) is 41.4 Å². The Morgan fingerprint density at radius 2 is 1.74 bits per heavy atom. The molecule has 0 fully saturated rings. The zero-order valence-corrected chi connectivity index (χ0v) is 13.4. The topological polar surface area (TPSA) is 70.6 Å². The number of hydrogen-bond donors (Lipinski definition) is 2. The molecule has 0 spiro atoms. The first-order chi connectivity index (χ1) is 11.0. The molecule has 2 amide bonds. The molecule has 0 saturated carbocycles. The largest absolute Gasteiger partial charge is 0.326 e. The molecule has 5 nitrogen and oxygen atoms in total. The average molecular weight is 350 g/mol. The van der Waals surface area contributed by atoms with Crippen LogP contribution in [-0.2, 0) is 9.59 Å². The van der Waals surface area contributed by atoms with E-state index in [9.17, 15) is 9.59 Å². The molecular weight excluding hydrogens is 337 g/mol. The fourth-order valence-corrected chi connectivity index (χ4v) is 2.00. The Morgan fingerprint density at radius 1 is 1.00 bits per heavy atom. The van der Waals surface area contributed by atoms with Gasteiger partial charge in [0, 0.05) is 15.7 Å². The smallest absolute Gasteiger partial charge is 0.249 e. The summed E-state index contributed by atoms with van der Waals surface area (Å²) in [6.07, 6.45) is 1.12. The molecule has 7 heteroatoms. The van der Waals surface area contributed by atoms with E-state index < -0.39 is 11.8 Å². The quantitative estimate of drug-likeness (QED) is 0.492. The van der Waals surface area contributed by atoms with Gasteiger partial charge >= 0.3 is 0 Å². The predicted octanol–water partition coefficient (Wildman–Crippen LogP) is 3.47. The van der Waals surface area contributed by atoms with Gasteiger partial charge in [-0.15, -0.1) is 0 Å². The number of benzene rings is 2. The van der Waals surface area contributed by atoms with Gasteiger partial charge in [0.25, 0.3) is 0 Å². The molecule has 0 aromatic heterocycles. The molecule has 2 aromatic rings. The van der Waals surface area contributed by atoms with Crippen molar-refractivity contribution in [1.29, 1.82) is 0 Å². The van der Waals surface area contributed by atoms with Crippen molar-refractivity contribution >= 4 is 46.9 Å². The van der Waals surface area contributed by atoms with Crippen LogP contribution in [0.5, 0.6) is 0 Å². The third kappa shape index (κ3) is 6.10. The Hall–Kier alpha value is -2.37. The fourth-order valence-electron chi connectivity index (χ4n) is 1.68. The summed E-state index contributed by atoms with van der Waals surface area (Å²) in [5.74, 6) is -0.971.